The van der Waals surface area contributed by atoms with Gasteiger partial charge in [0.2, 0.25) is 0 Å². The Labute approximate surface area is 201 Å². The molecule has 0 aliphatic heterocycles. The normalized spacial score (nSPS) is 14.5. The summed E-state index contributed by atoms with van der Waals surface area (Å²) in [5, 5.41) is 10.9. The summed E-state index contributed by atoms with van der Waals surface area (Å²) >= 11 is 0. The summed E-state index contributed by atoms with van der Waals surface area (Å²) in [6.07, 6.45) is 2.02. The van der Waals surface area contributed by atoms with Crippen LogP contribution in [0.5, 0.6) is 17.2 Å². The molecule has 192 valence electrons. The molecule has 0 aromatic heterocycles. The molecule has 33 heavy (non-hydrogen) atoms. The summed E-state index contributed by atoms with van der Waals surface area (Å²) < 4.78 is 47.3. The molecule has 2 N–H and O–H groups in total. The summed E-state index contributed by atoms with van der Waals surface area (Å²) in [6, 6.07) is 0. The average Bonchev–Trinajstić information content (AvgIpc) is 2.57. The first kappa shape index (κ1) is 29.6. The molecule has 1 aromatic carbocycles. The van der Waals surface area contributed by atoms with E-state index in [9.17, 15) is 18.1 Å². The van der Waals surface area contributed by atoms with Crippen molar-refractivity contribution in [1.29, 1.82) is 0 Å². The third-order valence-electron chi connectivity index (χ3n) is 6.26. The fraction of sp³-hybridized carbons (Fsp3) is 0.769. The van der Waals surface area contributed by atoms with Crippen molar-refractivity contribution in [1.82, 2.24) is 0 Å². The number of benzene rings is 1. The Morgan fingerprint density at radius 2 is 1.39 bits per heavy atom. The van der Waals surface area contributed by atoms with Gasteiger partial charge >= 0.3 is 0 Å². The minimum atomic E-state index is -4.76. The highest BCUT2D eigenvalue weighted by Gasteiger charge is 2.48. The highest BCUT2D eigenvalue weighted by atomic mass is 32.2. The molecule has 0 bridgehead atoms. The lowest BCUT2D eigenvalue weighted by atomic mass is 9.56. The van der Waals surface area contributed by atoms with Gasteiger partial charge in [-0.25, -0.2) is 0 Å². The van der Waals surface area contributed by atoms with Gasteiger partial charge in [-0.05, 0) is 47.3 Å². The molecule has 1 rings (SSSR count). The molecule has 6 nitrogen and oxygen atoms in total. The van der Waals surface area contributed by atoms with E-state index in [2.05, 4.69) is 62.3 Å². The Morgan fingerprint density at radius 3 is 1.73 bits per heavy atom. The van der Waals surface area contributed by atoms with Gasteiger partial charge in [0.05, 0.1) is 14.2 Å². The zero-order chi connectivity index (χ0) is 26.2. The van der Waals surface area contributed by atoms with Crippen molar-refractivity contribution in [2.75, 3.05) is 14.2 Å². The van der Waals surface area contributed by atoms with Crippen LogP contribution in [-0.2, 0) is 16.5 Å². The molecule has 1 unspecified atom stereocenters. The van der Waals surface area contributed by atoms with Gasteiger partial charge in [-0.3, -0.25) is 4.55 Å². The molecule has 1 aromatic rings. The molecular weight excluding hydrogens is 440 g/mol. The molecule has 0 saturated heterocycles. The van der Waals surface area contributed by atoms with E-state index in [1.807, 2.05) is 6.92 Å². The molecule has 0 amide bonds. The Bertz CT molecular complexity index is 937. The molecule has 0 radical (unpaired) electrons. The maximum atomic E-state index is 12.8. The molecule has 0 aliphatic rings. The first-order valence-corrected chi connectivity index (χ1v) is 13.2. The summed E-state index contributed by atoms with van der Waals surface area (Å²) in [7, 11) is -1.99. The van der Waals surface area contributed by atoms with Crippen LogP contribution in [0.1, 0.15) is 99.1 Å². The van der Waals surface area contributed by atoms with E-state index in [1.165, 1.54) is 14.2 Å². The van der Waals surface area contributed by atoms with Crippen molar-refractivity contribution < 1.29 is 27.6 Å². The van der Waals surface area contributed by atoms with Crippen LogP contribution in [0, 0.1) is 22.2 Å². The van der Waals surface area contributed by atoms with Gasteiger partial charge in [-0.2, -0.15) is 8.42 Å². The number of hydrogen-bond acceptors (Lipinski definition) is 5. The first-order chi connectivity index (χ1) is 14.7. The van der Waals surface area contributed by atoms with E-state index >= 15 is 0 Å². The number of ether oxygens (including phenoxy) is 2. The summed E-state index contributed by atoms with van der Waals surface area (Å²) in [5.74, 6) is -0.229. The second-order valence-electron chi connectivity index (χ2n) is 12.2. The predicted molar refractivity (Wildman–Crippen MR) is 134 cm³/mol. The second kappa shape index (κ2) is 10.0. The molecule has 7 heteroatoms. The van der Waals surface area contributed by atoms with E-state index in [0.717, 1.165) is 12.8 Å². The maximum absolute atomic E-state index is 12.8. The van der Waals surface area contributed by atoms with Gasteiger partial charge < -0.3 is 14.6 Å². The smallest absolute Gasteiger partial charge is 0.298 e. The summed E-state index contributed by atoms with van der Waals surface area (Å²) in [6.45, 7) is 21.2. The van der Waals surface area contributed by atoms with Crippen LogP contribution in [0.25, 0.3) is 0 Å². The average molecular weight is 487 g/mol. The number of methoxy groups -OCH3 is 2. The van der Waals surface area contributed by atoms with Crippen LogP contribution in [0.15, 0.2) is 4.90 Å². The van der Waals surface area contributed by atoms with Crippen molar-refractivity contribution in [2.45, 2.75) is 99.3 Å². The Balaban J connectivity index is 4.37. The SMILES string of the molecule is CCc1c(O)c(OC)c(S(=O)(=O)O)c(C(C(C)(C)CC(C)C)C(C)(C)CC(C)(C)C)c1OC. The van der Waals surface area contributed by atoms with E-state index in [0.29, 0.717) is 29.2 Å². The van der Waals surface area contributed by atoms with Crippen LogP contribution in [0.2, 0.25) is 0 Å². The van der Waals surface area contributed by atoms with Gasteiger partial charge in [0, 0.05) is 11.1 Å². The van der Waals surface area contributed by atoms with Gasteiger partial charge in [0.25, 0.3) is 10.1 Å². The molecule has 0 saturated carbocycles. The molecule has 0 aliphatic carbocycles. The second-order valence-corrected chi connectivity index (χ2v) is 13.6. The van der Waals surface area contributed by atoms with Crippen LogP contribution in [-0.4, -0.2) is 32.3 Å². The summed E-state index contributed by atoms with van der Waals surface area (Å²) in [5.41, 5.74) is 0.0504. The topological polar surface area (TPSA) is 93.1 Å². The standard InChI is InChI=1S/C26H46O6S/c1-13-17-19(27)21(32-12)22(33(28,29)30)18(20(17)31-11)23(25(7,8)14-16(2)3)26(9,10)15-24(4,5)6/h16,23,27H,13-15H2,1-12H3,(H,28,29,30). The van der Waals surface area contributed by atoms with Gasteiger partial charge in [0.1, 0.15) is 10.6 Å². The number of aromatic hydroxyl groups is 1. The number of phenols is 1. The monoisotopic (exact) mass is 486 g/mol. The Hall–Kier alpha value is -1.47. The van der Waals surface area contributed by atoms with Crippen molar-refractivity contribution >= 4 is 10.1 Å². The van der Waals surface area contributed by atoms with Crippen molar-refractivity contribution in [3.8, 4) is 17.2 Å². The molecule has 0 heterocycles. The highest BCUT2D eigenvalue weighted by Crippen LogP contribution is 2.60. The molecular formula is C26H46O6S. The van der Waals surface area contributed by atoms with E-state index < -0.39 is 20.4 Å². The van der Waals surface area contributed by atoms with Gasteiger partial charge in [-0.15, -0.1) is 0 Å². The number of phenolic OH excluding ortho intramolecular Hbond substituents is 1. The maximum Gasteiger partial charge on any atom is 0.298 e. The molecule has 0 fully saturated rings. The van der Waals surface area contributed by atoms with E-state index in [-0.39, 0.29) is 28.2 Å². The fourth-order valence-electron chi connectivity index (χ4n) is 6.49. The zero-order valence-electron chi connectivity index (χ0n) is 22.7. The largest absolute Gasteiger partial charge is 0.504 e. The number of hydrogen-bond donors (Lipinski definition) is 2. The third kappa shape index (κ3) is 6.56. The molecule has 1 atom stereocenters. The van der Waals surface area contributed by atoms with Gasteiger partial charge in [-0.1, -0.05) is 69.2 Å². The first-order valence-electron chi connectivity index (χ1n) is 11.7. The lowest BCUT2D eigenvalue weighted by Crippen LogP contribution is -2.39. The van der Waals surface area contributed by atoms with Crippen LogP contribution in [0.3, 0.4) is 0 Å². The number of rotatable bonds is 10. The highest BCUT2D eigenvalue weighted by molar-refractivity contribution is 7.86. The van der Waals surface area contributed by atoms with Gasteiger partial charge in [0.15, 0.2) is 11.5 Å². The lowest BCUT2D eigenvalue weighted by molar-refractivity contribution is 0.0750. The minimum Gasteiger partial charge on any atom is -0.504 e. The van der Waals surface area contributed by atoms with Crippen molar-refractivity contribution in [3.05, 3.63) is 11.1 Å². The van der Waals surface area contributed by atoms with Crippen molar-refractivity contribution in [2.24, 2.45) is 22.2 Å². The zero-order valence-corrected chi connectivity index (χ0v) is 23.5. The van der Waals surface area contributed by atoms with E-state index in [4.69, 9.17) is 9.47 Å². The lowest BCUT2D eigenvalue weighted by Gasteiger charge is -2.49. The van der Waals surface area contributed by atoms with Crippen LogP contribution in [0.4, 0.5) is 0 Å². The van der Waals surface area contributed by atoms with Crippen LogP contribution < -0.4 is 9.47 Å². The van der Waals surface area contributed by atoms with Crippen molar-refractivity contribution in [3.63, 3.8) is 0 Å². The molecule has 0 spiro atoms. The minimum absolute atomic E-state index is 0.0320. The Kier molecular flexibility index (Phi) is 8.98. The van der Waals surface area contributed by atoms with E-state index in [1.54, 1.807) is 0 Å². The fourth-order valence-corrected chi connectivity index (χ4v) is 7.39. The summed E-state index contributed by atoms with van der Waals surface area (Å²) in [4.78, 5) is -0.402. The predicted octanol–water partition coefficient (Wildman–Crippen LogP) is 6.84. The third-order valence-corrected chi connectivity index (χ3v) is 7.18. The Morgan fingerprint density at radius 1 is 0.909 bits per heavy atom. The van der Waals surface area contributed by atoms with Crippen LogP contribution >= 0.6 is 0 Å². The quantitative estimate of drug-likeness (QED) is 0.352.